The van der Waals surface area contributed by atoms with Gasteiger partial charge in [-0.3, -0.25) is 4.79 Å². The van der Waals surface area contributed by atoms with Gasteiger partial charge in [-0.05, 0) is 37.5 Å². The first-order chi connectivity index (χ1) is 9.34. The summed E-state index contributed by atoms with van der Waals surface area (Å²) in [6.07, 6.45) is 2.72. The Balaban J connectivity index is 2.35. The third-order valence-corrected chi connectivity index (χ3v) is 4.12. The van der Waals surface area contributed by atoms with Gasteiger partial charge >= 0.3 is 0 Å². The van der Waals surface area contributed by atoms with E-state index in [0.29, 0.717) is 6.54 Å². The molecule has 1 fully saturated rings. The molecular formula is C13H17FN2O3S. The normalized spacial score (nSPS) is 15.2. The highest BCUT2D eigenvalue weighted by molar-refractivity contribution is 7.89. The standard InChI is InChI=1S/C13H17FN2O3S/c1-2-7-16(10-4-5-10)13(17)9-3-6-11(14)12(8-9)20(15,18)19/h3,6,8,10H,2,4-5,7H2,1H3,(H2,15,18,19). The van der Waals surface area contributed by atoms with Gasteiger partial charge in [-0.2, -0.15) is 0 Å². The number of amides is 1. The highest BCUT2D eigenvalue weighted by Crippen LogP contribution is 2.29. The molecule has 0 radical (unpaired) electrons. The van der Waals surface area contributed by atoms with Gasteiger partial charge in [0.25, 0.3) is 5.91 Å². The summed E-state index contributed by atoms with van der Waals surface area (Å²) in [6, 6.07) is 3.48. The van der Waals surface area contributed by atoms with E-state index in [0.717, 1.165) is 31.4 Å². The summed E-state index contributed by atoms with van der Waals surface area (Å²) in [6.45, 7) is 2.56. The van der Waals surface area contributed by atoms with Crippen LogP contribution < -0.4 is 5.14 Å². The highest BCUT2D eigenvalue weighted by atomic mass is 32.2. The number of benzene rings is 1. The smallest absolute Gasteiger partial charge is 0.254 e. The zero-order valence-electron chi connectivity index (χ0n) is 11.2. The highest BCUT2D eigenvalue weighted by Gasteiger charge is 2.32. The molecule has 0 aromatic heterocycles. The Hall–Kier alpha value is -1.47. The Morgan fingerprint density at radius 3 is 2.60 bits per heavy atom. The molecule has 20 heavy (non-hydrogen) atoms. The Labute approximate surface area is 117 Å². The molecule has 0 unspecified atom stereocenters. The Morgan fingerprint density at radius 1 is 1.45 bits per heavy atom. The zero-order valence-corrected chi connectivity index (χ0v) is 12.0. The molecule has 1 aromatic rings. The fourth-order valence-corrected chi connectivity index (χ4v) is 2.73. The van der Waals surface area contributed by atoms with E-state index in [1.54, 1.807) is 4.90 Å². The molecule has 1 aliphatic rings. The lowest BCUT2D eigenvalue weighted by atomic mass is 10.2. The third-order valence-electron chi connectivity index (χ3n) is 3.20. The van der Waals surface area contributed by atoms with Crippen molar-refractivity contribution in [2.45, 2.75) is 37.1 Å². The first kappa shape index (κ1) is 14.9. The van der Waals surface area contributed by atoms with Gasteiger partial charge in [-0.15, -0.1) is 0 Å². The van der Waals surface area contributed by atoms with Gasteiger partial charge < -0.3 is 4.90 Å². The van der Waals surface area contributed by atoms with Crippen molar-refractivity contribution in [2.75, 3.05) is 6.54 Å². The molecule has 1 amide bonds. The van der Waals surface area contributed by atoms with Gasteiger partial charge in [0.15, 0.2) is 0 Å². The van der Waals surface area contributed by atoms with Crippen molar-refractivity contribution in [1.82, 2.24) is 4.90 Å². The van der Waals surface area contributed by atoms with Gasteiger partial charge in [-0.1, -0.05) is 6.92 Å². The second-order valence-corrected chi connectivity index (χ2v) is 6.45. The number of sulfonamides is 1. The topological polar surface area (TPSA) is 80.5 Å². The lowest BCUT2D eigenvalue weighted by molar-refractivity contribution is 0.0743. The summed E-state index contributed by atoms with van der Waals surface area (Å²) in [5.41, 5.74) is 0.149. The summed E-state index contributed by atoms with van der Waals surface area (Å²) in [5.74, 6) is -1.23. The fourth-order valence-electron chi connectivity index (χ4n) is 2.10. The molecule has 0 spiro atoms. The average Bonchev–Trinajstić information content (AvgIpc) is 3.18. The number of rotatable bonds is 5. The molecule has 0 saturated heterocycles. The molecule has 5 nitrogen and oxygen atoms in total. The van der Waals surface area contributed by atoms with Gasteiger partial charge in [0.1, 0.15) is 10.7 Å². The number of halogens is 1. The molecular weight excluding hydrogens is 283 g/mol. The molecule has 1 saturated carbocycles. The zero-order chi connectivity index (χ0) is 14.9. The molecule has 0 heterocycles. The molecule has 0 bridgehead atoms. The van der Waals surface area contributed by atoms with Gasteiger partial charge in [0.2, 0.25) is 10.0 Å². The quantitative estimate of drug-likeness (QED) is 0.894. The Bertz CT molecular complexity index is 627. The van der Waals surface area contributed by atoms with Crippen LogP contribution in [0.1, 0.15) is 36.5 Å². The molecule has 0 aliphatic heterocycles. The van der Waals surface area contributed by atoms with Crippen molar-refractivity contribution in [3.63, 3.8) is 0 Å². The number of nitrogens with two attached hydrogens (primary N) is 1. The van der Waals surface area contributed by atoms with Gasteiger partial charge in [0, 0.05) is 18.2 Å². The Morgan fingerprint density at radius 2 is 2.10 bits per heavy atom. The maximum absolute atomic E-state index is 13.5. The predicted molar refractivity (Wildman–Crippen MR) is 72.1 cm³/mol. The lowest BCUT2D eigenvalue weighted by Gasteiger charge is -2.22. The van der Waals surface area contributed by atoms with Crippen LogP contribution in [0.25, 0.3) is 0 Å². The monoisotopic (exact) mass is 300 g/mol. The number of hydrogen-bond acceptors (Lipinski definition) is 3. The summed E-state index contributed by atoms with van der Waals surface area (Å²) in [4.78, 5) is 13.4. The first-order valence-corrected chi connectivity index (χ1v) is 8.02. The van der Waals surface area contributed by atoms with Crippen LogP contribution >= 0.6 is 0 Å². The molecule has 1 aromatic carbocycles. The van der Waals surface area contributed by atoms with Crippen LogP contribution in [0.4, 0.5) is 4.39 Å². The van der Waals surface area contributed by atoms with Crippen molar-refractivity contribution >= 4 is 15.9 Å². The predicted octanol–water partition coefficient (Wildman–Crippen LogP) is 1.49. The van der Waals surface area contributed by atoms with Crippen LogP contribution in [0.15, 0.2) is 23.1 Å². The van der Waals surface area contributed by atoms with E-state index < -0.39 is 20.7 Å². The summed E-state index contributed by atoms with van der Waals surface area (Å²) in [5, 5.41) is 4.94. The lowest BCUT2D eigenvalue weighted by Crippen LogP contribution is -2.34. The summed E-state index contributed by atoms with van der Waals surface area (Å²) >= 11 is 0. The van der Waals surface area contributed by atoms with Crippen LogP contribution in [0.5, 0.6) is 0 Å². The van der Waals surface area contributed by atoms with Gasteiger partial charge in [0.05, 0.1) is 0 Å². The second-order valence-electron chi connectivity index (χ2n) is 4.92. The minimum atomic E-state index is -4.18. The SMILES string of the molecule is CCCN(C(=O)c1ccc(F)c(S(N)(=O)=O)c1)C1CC1. The average molecular weight is 300 g/mol. The van der Waals surface area contributed by atoms with E-state index in [1.165, 1.54) is 6.07 Å². The van der Waals surface area contributed by atoms with Crippen LogP contribution in [0.2, 0.25) is 0 Å². The van der Waals surface area contributed by atoms with E-state index in [-0.39, 0.29) is 17.5 Å². The largest absolute Gasteiger partial charge is 0.336 e. The minimum absolute atomic E-state index is 0.149. The van der Waals surface area contributed by atoms with Crippen LogP contribution in [0.3, 0.4) is 0 Å². The van der Waals surface area contributed by atoms with E-state index >= 15 is 0 Å². The minimum Gasteiger partial charge on any atom is -0.336 e. The van der Waals surface area contributed by atoms with Crippen LogP contribution in [-0.4, -0.2) is 31.8 Å². The van der Waals surface area contributed by atoms with Crippen molar-refractivity contribution in [3.05, 3.63) is 29.6 Å². The molecule has 2 N–H and O–H groups in total. The van der Waals surface area contributed by atoms with E-state index in [9.17, 15) is 17.6 Å². The third kappa shape index (κ3) is 3.16. The van der Waals surface area contributed by atoms with Crippen LogP contribution in [-0.2, 0) is 10.0 Å². The van der Waals surface area contributed by atoms with E-state index in [1.807, 2.05) is 6.92 Å². The molecule has 1 aliphatic carbocycles. The summed E-state index contributed by atoms with van der Waals surface area (Å²) < 4.78 is 36.0. The fraction of sp³-hybridized carbons (Fsp3) is 0.462. The van der Waals surface area contributed by atoms with Crippen molar-refractivity contribution < 1.29 is 17.6 Å². The maximum Gasteiger partial charge on any atom is 0.254 e. The van der Waals surface area contributed by atoms with Crippen molar-refractivity contribution in [3.8, 4) is 0 Å². The molecule has 110 valence electrons. The molecule has 0 atom stereocenters. The summed E-state index contributed by atoms with van der Waals surface area (Å²) in [7, 11) is -4.18. The molecule has 7 heteroatoms. The molecule has 2 rings (SSSR count). The number of carbonyl (C=O) groups excluding carboxylic acids is 1. The number of hydrogen-bond donors (Lipinski definition) is 1. The number of carbonyl (C=O) groups is 1. The van der Waals surface area contributed by atoms with Crippen molar-refractivity contribution in [2.24, 2.45) is 5.14 Å². The first-order valence-electron chi connectivity index (χ1n) is 6.48. The number of primary sulfonamides is 1. The second kappa shape index (κ2) is 5.49. The van der Waals surface area contributed by atoms with Crippen molar-refractivity contribution in [1.29, 1.82) is 0 Å². The van der Waals surface area contributed by atoms with Crippen LogP contribution in [0, 0.1) is 5.82 Å². The number of nitrogens with zero attached hydrogens (tertiary/aromatic N) is 1. The van der Waals surface area contributed by atoms with E-state index in [4.69, 9.17) is 5.14 Å². The Kier molecular flexibility index (Phi) is 4.10. The van der Waals surface area contributed by atoms with E-state index in [2.05, 4.69) is 0 Å². The maximum atomic E-state index is 13.5. The van der Waals surface area contributed by atoms with Gasteiger partial charge in [-0.25, -0.2) is 17.9 Å².